The topological polar surface area (TPSA) is 53.5 Å². The molecule has 31 heavy (non-hydrogen) atoms. The van der Waals surface area contributed by atoms with Gasteiger partial charge < -0.3 is 4.90 Å². The molecular formula is C24H21F2N3O2. The molecule has 0 saturated carbocycles. The van der Waals surface area contributed by atoms with Crippen LogP contribution in [0, 0.1) is 11.6 Å². The van der Waals surface area contributed by atoms with Crippen molar-refractivity contribution in [1.82, 2.24) is 9.88 Å². The van der Waals surface area contributed by atoms with Gasteiger partial charge in [-0.2, -0.15) is 0 Å². The molecule has 2 amide bonds. The Morgan fingerprint density at radius 3 is 2.23 bits per heavy atom. The Morgan fingerprint density at radius 1 is 0.903 bits per heavy atom. The molecule has 0 aliphatic carbocycles. The number of Topliss-reactive ketones (excluding diaryl/α,β-unsaturated/α-hetero) is 1. The Kier molecular flexibility index (Phi) is 6.02. The van der Waals surface area contributed by atoms with E-state index in [4.69, 9.17) is 0 Å². The second-order valence-corrected chi connectivity index (χ2v) is 7.43. The Balaban J connectivity index is 1.40. The molecule has 3 aromatic rings. The molecular weight excluding hydrogens is 400 g/mol. The van der Waals surface area contributed by atoms with E-state index in [1.165, 1.54) is 30.5 Å². The summed E-state index contributed by atoms with van der Waals surface area (Å²) < 4.78 is 26.1. The summed E-state index contributed by atoms with van der Waals surface area (Å²) in [5.74, 6) is -0.261. The number of benzene rings is 2. The van der Waals surface area contributed by atoms with Crippen LogP contribution in [0.4, 0.5) is 19.4 Å². The van der Waals surface area contributed by atoms with Crippen molar-refractivity contribution >= 4 is 17.6 Å². The standard InChI is InChI=1S/C24H21F2N3O2/c25-20-6-1-17(2-7-20)5-10-22(30)19-11-12-27-23(15-19)29-14-13-28(24(29)31)16-18-3-8-21(26)9-4-18/h1-4,6-9,11-12,15H,5,10,13-14,16H2. The maximum Gasteiger partial charge on any atom is 0.326 e. The van der Waals surface area contributed by atoms with Crippen LogP contribution < -0.4 is 4.90 Å². The second kappa shape index (κ2) is 9.04. The molecule has 0 unspecified atom stereocenters. The quantitative estimate of drug-likeness (QED) is 0.523. The van der Waals surface area contributed by atoms with Gasteiger partial charge >= 0.3 is 6.03 Å². The molecule has 1 aromatic heterocycles. The van der Waals surface area contributed by atoms with Crippen molar-refractivity contribution in [3.8, 4) is 0 Å². The van der Waals surface area contributed by atoms with Gasteiger partial charge in [0.05, 0.1) is 0 Å². The van der Waals surface area contributed by atoms with Crippen LogP contribution >= 0.6 is 0 Å². The highest BCUT2D eigenvalue weighted by Gasteiger charge is 2.30. The van der Waals surface area contributed by atoms with Gasteiger partial charge in [0.2, 0.25) is 0 Å². The number of carbonyl (C=O) groups excluding carboxylic acids is 2. The number of carbonyl (C=O) groups is 2. The fourth-order valence-electron chi connectivity index (χ4n) is 3.54. The first kappa shape index (κ1) is 20.7. The van der Waals surface area contributed by atoms with Crippen LogP contribution in [-0.4, -0.2) is 34.8 Å². The van der Waals surface area contributed by atoms with E-state index in [1.807, 2.05) is 0 Å². The van der Waals surface area contributed by atoms with Crippen molar-refractivity contribution in [2.45, 2.75) is 19.4 Å². The summed E-state index contributed by atoms with van der Waals surface area (Å²) in [6.07, 6.45) is 2.31. The number of anilines is 1. The molecule has 2 heterocycles. The summed E-state index contributed by atoms with van der Waals surface area (Å²) in [7, 11) is 0. The van der Waals surface area contributed by atoms with Gasteiger partial charge in [-0.05, 0) is 53.9 Å². The summed E-state index contributed by atoms with van der Waals surface area (Å²) in [5, 5.41) is 0. The first-order valence-electron chi connectivity index (χ1n) is 10.0. The maximum absolute atomic E-state index is 13.1. The Hall–Kier alpha value is -3.61. The smallest absolute Gasteiger partial charge is 0.318 e. The number of ketones is 1. The minimum Gasteiger partial charge on any atom is -0.318 e. The summed E-state index contributed by atoms with van der Waals surface area (Å²) in [6, 6.07) is 15.2. The summed E-state index contributed by atoms with van der Waals surface area (Å²) in [6.45, 7) is 1.35. The SMILES string of the molecule is O=C(CCc1ccc(F)cc1)c1ccnc(N2CCN(Cc3ccc(F)cc3)C2=O)c1. The third kappa shape index (κ3) is 4.94. The van der Waals surface area contributed by atoms with Crippen LogP contribution in [0.15, 0.2) is 66.9 Å². The van der Waals surface area contributed by atoms with Gasteiger partial charge in [-0.1, -0.05) is 24.3 Å². The fourth-order valence-corrected chi connectivity index (χ4v) is 3.54. The zero-order valence-corrected chi connectivity index (χ0v) is 16.8. The predicted octanol–water partition coefficient (Wildman–Crippen LogP) is 4.62. The normalized spacial score (nSPS) is 13.7. The van der Waals surface area contributed by atoms with E-state index in [-0.39, 0.29) is 29.9 Å². The molecule has 7 heteroatoms. The highest BCUT2D eigenvalue weighted by atomic mass is 19.1. The number of rotatable bonds is 7. The van der Waals surface area contributed by atoms with Gasteiger partial charge in [-0.15, -0.1) is 0 Å². The van der Waals surface area contributed by atoms with Gasteiger partial charge in [-0.3, -0.25) is 9.69 Å². The van der Waals surface area contributed by atoms with E-state index in [0.717, 1.165) is 11.1 Å². The third-order valence-corrected chi connectivity index (χ3v) is 5.28. The van der Waals surface area contributed by atoms with Crippen LogP contribution in [0.1, 0.15) is 27.9 Å². The zero-order chi connectivity index (χ0) is 21.8. The minimum absolute atomic E-state index is 0.0669. The molecule has 1 aliphatic rings. The lowest BCUT2D eigenvalue weighted by atomic mass is 10.0. The molecule has 4 rings (SSSR count). The molecule has 0 radical (unpaired) electrons. The average Bonchev–Trinajstić information content (AvgIpc) is 3.15. The lowest BCUT2D eigenvalue weighted by Crippen LogP contribution is -2.32. The van der Waals surface area contributed by atoms with Crippen LogP contribution in [0.25, 0.3) is 0 Å². The molecule has 5 nitrogen and oxygen atoms in total. The number of aryl methyl sites for hydroxylation is 1. The maximum atomic E-state index is 13.1. The Morgan fingerprint density at radius 2 is 1.55 bits per heavy atom. The molecule has 0 bridgehead atoms. The van der Waals surface area contributed by atoms with E-state index in [0.29, 0.717) is 37.4 Å². The molecule has 1 saturated heterocycles. The van der Waals surface area contributed by atoms with Crippen molar-refractivity contribution in [2.24, 2.45) is 0 Å². The van der Waals surface area contributed by atoms with Crippen LogP contribution in [-0.2, 0) is 13.0 Å². The molecule has 0 spiro atoms. The lowest BCUT2D eigenvalue weighted by molar-refractivity contribution is 0.0982. The van der Waals surface area contributed by atoms with Crippen LogP contribution in [0.5, 0.6) is 0 Å². The van der Waals surface area contributed by atoms with E-state index in [2.05, 4.69) is 4.98 Å². The van der Waals surface area contributed by atoms with E-state index in [9.17, 15) is 18.4 Å². The third-order valence-electron chi connectivity index (χ3n) is 5.28. The van der Waals surface area contributed by atoms with Crippen LogP contribution in [0.2, 0.25) is 0 Å². The molecule has 1 fully saturated rings. The van der Waals surface area contributed by atoms with Crippen molar-refractivity contribution in [2.75, 3.05) is 18.0 Å². The number of pyridine rings is 1. The molecule has 158 valence electrons. The molecule has 2 aromatic carbocycles. The van der Waals surface area contributed by atoms with Gasteiger partial charge in [0.15, 0.2) is 5.78 Å². The summed E-state index contributed by atoms with van der Waals surface area (Å²) in [4.78, 5) is 32.9. The minimum atomic E-state index is -0.316. The highest BCUT2D eigenvalue weighted by molar-refractivity contribution is 5.98. The van der Waals surface area contributed by atoms with Crippen molar-refractivity contribution in [3.05, 3.63) is 95.2 Å². The number of amides is 2. The number of urea groups is 1. The van der Waals surface area contributed by atoms with Crippen molar-refractivity contribution in [3.63, 3.8) is 0 Å². The van der Waals surface area contributed by atoms with E-state index >= 15 is 0 Å². The first-order chi connectivity index (χ1) is 15.0. The van der Waals surface area contributed by atoms with Crippen LogP contribution in [0.3, 0.4) is 0 Å². The number of nitrogens with zero attached hydrogens (tertiary/aromatic N) is 3. The molecule has 0 atom stereocenters. The predicted molar refractivity (Wildman–Crippen MR) is 113 cm³/mol. The van der Waals surface area contributed by atoms with Crippen molar-refractivity contribution in [1.29, 1.82) is 0 Å². The fraction of sp³-hybridized carbons (Fsp3) is 0.208. The average molecular weight is 421 g/mol. The second-order valence-electron chi connectivity index (χ2n) is 7.43. The molecule has 1 aliphatic heterocycles. The monoisotopic (exact) mass is 421 g/mol. The summed E-state index contributed by atoms with van der Waals surface area (Å²) in [5.41, 5.74) is 2.21. The van der Waals surface area contributed by atoms with E-state index < -0.39 is 0 Å². The van der Waals surface area contributed by atoms with E-state index in [1.54, 1.807) is 46.2 Å². The Labute approximate surface area is 178 Å². The van der Waals surface area contributed by atoms with Gasteiger partial charge in [-0.25, -0.2) is 18.6 Å². The molecule has 0 N–H and O–H groups in total. The number of hydrogen-bond donors (Lipinski definition) is 0. The largest absolute Gasteiger partial charge is 0.326 e. The lowest BCUT2D eigenvalue weighted by Gasteiger charge is -2.18. The number of hydrogen-bond acceptors (Lipinski definition) is 3. The Bertz CT molecular complexity index is 1080. The van der Waals surface area contributed by atoms with Gasteiger partial charge in [0, 0.05) is 37.8 Å². The zero-order valence-electron chi connectivity index (χ0n) is 16.8. The number of halogens is 2. The van der Waals surface area contributed by atoms with Gasteiger partial charge in [0.1, 0.15) is 17.5 Å². The number of aromatic nitrogens is 1. The summed E-state index contributed by atoms with van der Waals surface area (Å²) >= 11 is 0. The van der Waals surface area contributed by atoms with Gasteiger partial charge in [0.25, 0.3) is 0 Å². The first-order valence-corrected chi connectivity index (χ1v) is 10.0. The highest BCUT2D eigenvalue weighted by Crippen LogP contribution is 2.22. The van der Waals surface area contributed by atoms with Crippen molar-refractivity contribution < 1.29 is 18.4 Å².